The molecule has 0 spiro atoms. The van der Waals surface area contributed by atoms with Gasteiger partial charge in [0.05, 0.1) is 0 Å². The van der Waals surface area contributed by atoms with Gasteiger partial charge in [-0.3, -0.25) is 0 Å². The summed E-state index contributed by atoms with van der Waals surface area (Å²) in [5.74, 6) is 0. The molecular weight excluding hydrogens is 292 g/mol. The van der Waals surface area contributed by atoms with E-state index in [0.717, 1.165) is 17.0 Å². The minimum absolute atomic E-state index is 0. The third-order valence-electron chi connectivity index (χ3n) is 2.90. The molecule has 1 atom stereocenters. The van der Waals surface area contributed by atoms with Crippen LogP contribution in [0, 0.1) is 13.8 Å². The molecule has 0 bridgehead atoms. The first kappa shape index (κ1) is 15.9. The van der Waals surface area contributed by atoms with Gasteiger partial charge in [-0.1, -0.05) is 0 Å². The van der Waals surface area contributed by atoms with Crippen LogP contribution in [-0.2, 0) is 10.0 Å². The quantitative estimate of drug-likeness (QED) is 0.905. The molecule has 1 aliphatic heterocycles. The summed E-state index contributed by atoms with van der Waals surface area (Å²) in [5, 5.41) is 3.25. The minimum atomic E-state index is -3.29. The average molecular weight is 311 g/mol. The van der Waals surface area contributed by atoms with Crippen LogP contribution in [0.4, 0.5) is 0 Å². The van der Waals surface area contributed by atoms with Gasteiger partial charge in [0.15, 0.2) is 0 Å². The van der Waals surface area contributed by atoms with E-state index >= 15 is 0 Å². The number of sulfonamides is 1. The van der Waals surface area contributed by atoms with Crippen LogP contribution in [0.25, 0.3) is 0 Å². The Morgan fingerprint density at radius 3 is 2.61 bits per heavy atom. The van der Waals surface area contributed by atoms with Crippen LogP contribution in [0.5, 0.6) is 0 Å². The van der Waals surface area contributed by atoms with Crippen molar-refractivity contribution in [3.63, 3.8) is 0 Å². The molecule has 2 rings (SSSR count). The molecule has 1 aliphatic rings. The number of nitrogens with zero attached hydrogens (tertiary/aromatic N) is 1. The number of halogens is 1. The van der Waals surface area contributed by atoms with Crippen molar-refractivity contribution < 1.29 is 8.42 Å². The van der Waals surface area contributed by atoms with Gasteiger partial charge in [0.1, 0.15) is 4.21 Å². The van der Waals surface area contributed by atoms with Crippen LogP contribution in [0.15, 0.2) is 10.3 Å². The summed E-state index contributed by atoms with van der Waals surface area (Å²) < 4.78 is 27.0. The highest BCUT2D eigenvalue weighted by Gasteiger charge is 2.30. The molecule has 0 aromatic carbocycles. The van der Waals surface area contributed by atoms with E-state index in [9.17, 15) is 8.42 Å². The number of nitrogens with one attached hydrogen (secondary N) is 1. The van der Waals surface area contributed by atoms with E-state index < -0.39 is 10.0 Å². The predicted octanol–water partition coefficient (Wildman–Crippen LogP) is 1.77. The average Bonchev–Trinajstić information content (AvgIpc) is 2.58. The maximum absolute atomic E-state index is 12.5. The summed E-state index contributed by atoms with van der Waals surface area (Å²) in [6.07, 6.45) is 0. The summed E-state index contributed by atoms with van der Waals surface area (Å²) in [7, 11) is -3.29. The molecule has 4 nitrogen and oxygen atoms in total. The first-order valence-corrected chi connectivity index (χ1v) is 7.97. The van der Waals surface area contributed by atoms with E-state index in [4.69, 9.17) is 0 Å². The van der Waals surface area contributed by atoms with Gasteiger partial charge in [0.25, 0.3) is 10.0 Å². The SMILES string of the molecule is Cc1cc(C)c(S(=O)(=O)N2CCN[C@H](C)C2)s1.Cl. The molecule has 2 heterocycles. The molecule has 7 heteroatoms. The summed E-state index contributed by atoms with van der Waals surface area (Å²) >= 11 is 1.37. The van der Waals surface area contributed by atoms with Crippen LogP contribution in [-0.4, -0.2) is 38.4 Å². The van der Waals surface area contributed by atoms with Gasteiger partial charge in [0.2, 0.25) is 0 Å². The van der Waals surface area contributed by atoms with Crippen molar-refractivity contribution in [2.75, 3.05) is 19.6 Å². The van der Waals surface area contributed by atoms with Crippen molar-refractivity contribution in [1.29, 1.82) is 0 Å². The van der Waals surface area contributed by atoms with Gasteiger partial charge in [-0.05, 0) is 32.4 Å². The number of hydrogen-bond acceptors (Lipinski definition) is 4. The van der Waals surface area contributed by atoms with Crippen LogP contribution in [0.1, 0.15) is 17.4 Å². The third kappa shape index (κ3) is 3.05. The summed E-state index contributed by atoms with van der Waals surface area (Å²) in [5.41, 5.74) is 0.860. The van der Waals surface area contributed by atoms with Gasteiger partial charge < -0.3 is 5.32 Å². The first-order valence-electron chi connectivity index (χ1n) is 5.72. The highest BCUT2D eigenvalue weighted by molar-refractivity contribution is 7.91. The smallest absolute Gasteiger partial charge is 0.252 e. The maximum Gasteiger partial charge on any atom is 0.252 e. The molecule has 1 N–H and O–H groups in total. The second-order valence-electron chi connectivity index (χ2n) is 4.55. The number of rotatable bonds is 2. The second-order valence-corrected chi connectivity index (χ2v) is 7.94. The largest absolute Gasteiger partial charge is 0.312 e. The Morgan fingerprint density at radius 1 is 1.44 bits per heavy atom. The fourth-order valence-corrected chi connectivity index (χ4v) is 5.44. The number of aryl methyl sites for hydroxylation is 2. The normalized spacial score (nSPS) is 21.6. The van der Waals surface area contributed by atoms with Gasteiger partial charge in [-0.25, -0.2) is 8.42 Å². The molecule has 0 unspecified atom stereocenters. The predicted molar refractivity (Wildman–Crippen MR) is 77.3 cm³/mol. The first-order chi connectivity index (χ1) is 7.91. The van der Waals surface area contributed by atoms with E-state index in [-0.39, 0.29) is 18.4 Å². The lowest BCUT2D eigenvalue weighted by atomic mass is 10.3. The fraction of sp³-hybridized carbons (Fsp3) is 0.636. The van der Waals surface area contributed by atoms with Crippen LogP contribution in [0.3, 0.4) is 0 Å². The van der Waals surface area contributed by atoms with Gasteiger partial charge in [-0.2, -0.15) is 4.31 Å². The molecule has 0 radical (unpaired) electrons. The highest BCUT2D eigenvalue weighted by atomic mass is 35.5. The van der Waals surface area contributed by atoms with Crippen LogP contribution in [0.2, 0.25) is 0 Å². The standard InChI is InChI=1S/C11H18N2O2S2.ClH/c1-8-6-10(3)16-11(8)17(14,15)13-5-4-12-9(2)7-13;/h6,9,12H,4-5,7H2,1-3H3;1H/t9-;/m1./s1. The fourth-order valence-electron chi connectivity index (χ4n) is 2.11. The van der Waals surface area contributed by atoms with Crippen LogP contribution >= 0.6 is 23.7 Å². The number of piperazine rings is 1. The van der Waals surface area contributed by atoms with Gasteiger partial charge in [-0.15, -0.1) is 23.7 Å². The Labute approximate surface area is 119 Å². The molecule has 0 amide bonds. The Hall–Kier alpha value is -0.140. The molecule has 1 aromatic heterocycles. The Balaban J connectivity index is 0.00000162. The Morgan fingerprint density at radius 2 is 2.11 bits per heavy atom. The molecule has 1 saturated heterocycles. The van der Waals surface area contributed by atoms with E-state index in [0.29, 0.717) is 17.3 Å². The lowest BCUT2D eigenvalue weighted by Crippen LogP contribution is -2.51. The summed E-state index contributed by atoms with van der Waals surface area (Å²) in [6, 6.07) is 2.16. The van der Waals surface area contributed by atoms with Gasteiger partial charge >= 0.3 is 0 Å². The molecule has 104 valence electrons. The molecule has 18 heavy (non-hydrogen) atoms. The van der Waals surface area contributed by atoms with E-state index in [2.05, 4.69) is 5.32 Å². The van der Waals surface area contributed by atoms with Crippen molar-refractivity contribution in [2.45, 2.75) is 31.0 Å². The van der Waals surface area contributed by atoms with E-state index in [1.165, 1.54) is 11.3 Å². The molecule has 0 aliphatic carbocycles. The highest BCUT2D eigenvalue weighted by Crippen LogP contribution is 2.29. The van der Waals surface area contributed by atoms with Gasteiger partial charge in [0, 0.05) is 30.6 Å². The summed E-state index contributed by atoms with van der Waals surface area (Å²) in [6.45, 7) is 7.65. The lowest BCUT2D eigenvalue weighted by molar-refractivity contribution is 0.310. The zero-order chi connectivity index (χ0) is 12.6. The van der Waals surface area contributed by atoms with Crippen molar-refractivity contribution in [3.8, 4) is 0 Å². The maximum atomic E-state index is 12.5. The molecular formula is C11H19ClN2O2S2. The zero-order valence-corrected chi connectivity index (χ0v) is 13.2. The number of thiophene rings is 1. The lowest BCUT2D eigenvalue weighted by Gasteiger charge is -2.30. The molecule has 1 aromatic rings. The van der Waals surface area contributed by atoms with Crippen molar-refractivity contribution in [2.24, 2.45) is 0 Å². The number of hydrogen-bond donors (Lipinski definition) is 1. The Bertz CT molecular complexity index is 513. The van der Waals surface area contributed by atoms with Crippen molar-refractivity contribution >= 4 is 33.8 Å². The Kier molecular flexibility index (Phi) is 5.20. The topological polar surface area (TPSA) is 49.4 Å². The monoisotopic (exact) mass is 310 g/mol. The second kappa shape index (κ2) is 5.88. The molecule has 0 saturated carbocycles. The van der Waals surface area contributed by atoms with Crippen LogP contribution < -0.4 is 5.32 Å². The summed E-state index contributed by atoms with van der Waals surface area (Å²) in [4.78, 5) is 1.05. The van der Waals surface area contributed by atoms with E-state index in [1.54, 1.807) is 4.31 Å². The third-order valence-corrected chi connectivity index (χ3v) is 6.53. The van der Waals surface area contributed by atoms with E-state index in [1.807, 2.05) is 26.8 Å². The van der Waals surface area contributed by atoms with Crippen molar-refractivity contribution in [3.05, 3.63) is 16.5 Å². The molecule has 1 fully saturated rings. The van der Waals surface area contributed by atoms with Crippen molar-refractivity contribution in [1.82, 2.24) is 9.62 Å². The zero-order valence-electron chi connectivity index (χ0n) is 10.8. The minimum Gasteiger partial charge on any atom is -0.312 e.